The summed E-state index contributed by atoms with van der Waals surface area (Å²) in [6, 6.07) is -0.394. The van der Waals surface area contributed by atoms with Gasteiger partial charge in [-0.3, -0.25) is 9.59 Å². The van der Waals surface area contributed by atoms with E-state index in [4.69, 9.17) is 4.74 Å². The number of carbonyl (C=O) groups is 2. The monoisotopic (exact) mass is 298 g/mol. The Kier molecular flexibility index (Phi) is 6.65. The molecule has 1 N–H and O–H groups in total. The zero-order valence-electron chi connectivity index (χ0n) is 14.1. The molecule has 122 valence electrons. The molecular weight excluding hydrogens is 268 g/mol. The minimum Gasteiger partial charge on any atom is -0.380 e. The van der Waals surface area contributed by atoms with Gasteiger partial charge in [0.15, 0.2) is 0 Å². The Morgan fingerprint density at radius 1 is 1.19 bits per heavy atom. The minimum absolute atomic E-state index is 0.0332. The first-order chi connectivity index (χ1) is 9.93. The van der Waals surface area contributed by atoms with Crippen molar-refractivity contribution < 1.29 is 14.3 Å². The van der Waals surface area contributed by atoms with Crippen LogP contribution in [0.1, 0.15) is 53.9 Å². The Hall–Kier alpha value is -1.10. The van der Waals surface area contributed by atoms with Gasteiger partial charge in [-0.25, -0.2) is 0 Å². The summed E-state index contributed by atoms with van der Waals surface area (Å²) >= 11 is 0. The van der Waals surface area contributed by atoms with Gasteiger partial charge >= 0.3 is 0 Å². The summed E-state index contributed by atoms with van der Waals surface area (Å²) in [5.74, 6) is 0.0847. The van der Waals surface area contributed by atoms with Crippen LogP contribution in [0.2, 0.25) is 0 Å². The topological polar surface area (TPSA) is 58.6 Å². The van der Waals surface area contributed by atoms with Crippen molar-refractivity contribution in [3.63, 3.8) is 0 Å². The number of hydrogen-bond acceptors (Lipinski definition) is 3. The first kappa shape index (κ1) is 18.0. The molecule has 1 aliphatic rings. The molecular formula is C16H30N2O3. The van der Waals surface area contributed by atoms with Gasteiger partial charge in [-0.05, 0) is 25.2 Å². The SMILES string of the molecule is CCCOCCN1C(=O)C(CC)(CC)NC(=O)C1C(C)C. The van der Waals surface area contributed by atoms with E-state index in [1.54, 1.807) is 4.90 Å². The molecule has 1 heterocycles. The number of nitrogens with zero attached hydrogens (tertiary/aromatic N) is 1. The highest BCUT2D eigenvalue weighted by Crippen LogP contribution is 2.27. The maximum Gasteiger partial charge on any atom is 0.249 e. The lowest BCUT2D eigenvalue weighted by Crippen LogP contribution is -2.71. The largest absolute Gasteiger partial charge is 0.380 e. The van der Waals surface area contributed by atoms with Crippen molar-refractivity contribution in [2.45, 2.75) is 65.5 Å². The molecule has 5 heteroatoms. The lowest BCUT2D eigenvalue weighted by Gasteiger charge is -2.46. The molecule has 0 radical (unpaired) electrons. The van der Waals surface area contributed by atoms with Gasteiger partial charge in [0, 0.05) is 13.2 Å². The Balaban J connectivity index is 2.93. The van der Waals surface area contributed by atoms with Crippen LogP contribution in [-0.2, 0) is 14.3 Å². The molecule has 1 aliphatic heterocycles. The average molecular weight is 298 g/mol. The van der Waals surface area contributed by atoms with Crippen LogP contribution in [-0.4, -0.2) is 48.1 Å². The van der Waals surface area contributed by atoms with Crippen molar-refractivity contribution in [1.29, 1.82) is 0 Å². The molecule has 0 saturated carbocycles. The second kappa shape index (κ2) is 7.78. The third-order valence-electron chi connectivity index (χ3n) is 4.30. The van der Waals surface area contributed by atoms with E-state index in [0.717, 1.165) is 6.42 Å². The number of rotatable bonds is 8. The fourth-order valence-electron chi connectivity index (χ4n) is 2.95. The van der Waals surface area contributed by atoms with Crippen molar-refractivity contribution in [2.75, 3.05) is 19.8 Å². The molecule has 0 bridgehead atoms. The summed E-state index contributed by atoms with van der Waals surface area (Å²) in [6.07, 6.45) is 2.19. The Morgan fingerprint density at radius 3 is 2.29 bits per heavy atom. The van der Waals surface area contributed by atoms with E-state index in [9.17, 15) is 9.59 Å². The standard InChI is InChI=1S/C16H30N2O3/c1-6-10-21-11-9-18-13(12(4)5)14(19)17-16(7-2,8-3)15(18)20/h12-13H,6-11H2,1-5H3,(H,17,19). The van der Waals surface area contributed by atoms with Crippen LogP contribution >= 0.6 is 0 Å². The van der Waals surface area contributed by atoms with Crippen molar-refractivity contribution in [3.05, 3.63) is 0 Å². The molecule has 1 unspecified atom stereocenters. The number of carbonyl (C=O) groups excluding carboxylic acids is 2. The van der Waals surface area contributed by atoms with Crippen LogP contribution in [0.3, 0.4) is 0 Å². The molecule has 5 nitrogen and oxygen atoms in total. The first-order valence-electron chi connectivity index (χ1n) is 8.14. The summed E-state index contributed by atoms with van der Waals surface area (Å²) in [7, 11) is 0. The summed E-state index contributed by atoms with van der Waals surface area (Å²) < 4.78 is 5.51. The number of amides is 2. The van der Waals surface area contributed by atoms with Gasteiger partial charge in [-0.1, -0.05) is 34.6 Å². The number of hydrogen-bond donors (Lipinski definition) is 1. The molecule has 0 aromatic rings. The zero-order chi connectivity index (χ0) is 16.0. The van der Waals surface area contributed by atoms with Gasteiger partial charge in [-0.15, -0.1) is 0 Å². The molecule has 1 fully saturated rings. The van der Waals surface area contributed by atoms with E-state index in [-0.39, 0.29) is 17.7 Å². The molecule has 1 rings (SSSR count). The highest BCUT2D eigenvalue weighted by atomic mass is 16.5. The Bertz CT molecular complexity index is 365. The predicted octanol–water partition coefficient (Wildman–Crippen LogP) is 1.95. The summed E-state index contributed by atoms with van der Waals surface area (Å²) in [5.41, 5.74) is -0.743. The summed E-state index contributed by atoms with van der Waals surface area (Å²) in [4.78, 5) is 27.1. The average Bonchev–Trinajstić information content (AvgIpc) is 2.46. The van der Waals surface area contributed by atoms with E-state index < -0.39 is 11.6 Å². The maximum absolute atomic E-state index is 12.9. The molecule has 0 aromatic carbocycles. The lowest BCUT2D eigenvalue weighted by atomic mass is 9.85. The summed E-state index contributed by atoms with van der Waals surface area (Å²) in [6.45, 7) is 11.6. The molecule has 1 saturated heterocycles. The third-order valence-corrected chi connectivity index (χ3v) is 4.30. The van der Waals surface area contributed by atoms with Crippen molar-refractivity contribution in [2.24, 2.45) is 5.92 Å². The van der Waals surface area contributed by atoms with Crippen LogP contribution in [0.5, 0.6) is 0 Å². The maximum atomic E-state index is 12.9. The third kappa shape index (κ3) is 3.76. The predicted molar refractivity (Wildman–Crippen MR) is 82.9 cm³/mol. The Labute approximate surface area is 128 Å². The van der Waals surface area contributed by atoms with E-state index in [0.29, 0.717) is 32.6 Å². The van der Waals surface area contributed by atoms with Crippen LogP contribution in [0.25, 0.3) is 0 Å². The molecule has 21 heavy (non-hydrogen) atoms. The molecule has 0 aliphatic carbocycles. The lowest BCUT2D eigenvalue weighted by molar-refractivity contribution is -0.158. The van der Waals surface area contributed by atoms with Gasteiger partial charge in [0.1, 0.15) is 11.6 Å². The fourth-order valence-corrected chi connectivity index (χ4v) is 2.95. The number of piperazine rings is 1. The van der Waals surface area contributed by atoms with Gasteiger partial charge in [0.25, 0.3) is 0 Å². The van der Waals surface area contributed by atoms with E-state index in [1.807, 2.05) is 27.7 Å². The quantitative estimate of drug-likeness (QED) is 0.697. The molecule has 0 aromatic heterocycles. The fraction of sp³-hybridized carbons (Fsp3) is 0.875. The van der Waals surface area contributed by atoms with Gasteiger partial charge in [-0.2, -0.15) is 0 Å². The second-order valence-corrected chi connectivity index (χ2v) is 6.08. The van der Waals surface area contributed by atoms with E-state index in [1.165, 1.54) is 0 Å². The van der Waals surface area contributed by atoms with Crippen LogP contribution < -0.4 is 5.32 Å². The number of nitrogens with one attached hydrogen (secondary N) is 1. The minimum atomic E-state index is -0.743. The molecule has 1 atom stereocenters. The second-order valence-electron chi connectivity index (χ2n) is 6.08. The Morgan fingerprint density at radius 2 is 1.81 bits per heavy atom. The van der Waals surface area contributed by atoms with Gasteiger partial charge in [0.05, 0.1) is 6.61 Å². The van der Waals surface area contributed by atoms with Crippen molar-refractivity contribution >= 4 is 11.8 Å². The molecule has 2 amide bonds. The van der Waals surface area contributed by atoms with Gasteiger partial charge < -0.3 is 15.0 Å². The normalized spacial score (nSPS) is 21.8. The first-order valence-corrected chi connectivity index (χ1v) is 8.14. The van der Waals surface area contributed by atoms with Crippen molar-refractivity contribution in [3.8, 4) is 0 Å². The smallest absolute Gasteiger partial charge is 0.249 e. The molecule has 0 spiro atoms. The van der Waals surface area contributed by atoms with Crippen LogP contribution in [0, 0.1) is 5.92 Å². The highest BCUT2D eigenvalue weighted by molar-refractivity contribution is 5.99. The van der Waals surface area contributed by atoms with Crippen LogP contribution in [0.4, 0.5) is 0 Å². The van der Waals surface area contributed by atoms with Crippen LogP contribution in [0.15, 0.2) is 0 Å². The van der Waals surface area contributed by atoms with E-state index in [2.05, 4.69) is 12.2 Å². The summed E-state index contributed by atoms with van der Waals surface area (Å²) in [5, 5.41) is 2.97. The number of ether oxygens (including phenoxy) is 1. The van der Waals surface area contributed by atoms with Crippen molar-refractivity contribution in [1.82, 2.24) is 10.2 Å². The van der Waals surface area contributed by atoms with Gasteiger partial charge in [0.2, 0.25) is 11.8 Å². The highest BCUT2D eigenvalue weighted by Gasteiger charge is 2.49. The zero-order valence-corrected chi connectivity index (χ0v) is 14.1. The van der Waals surface area contributed by atoms with E-state index >= 15 is 0 Å².